The first kappa shape index (κ1) is 14.2. The van der Waals surface area contributed by atoms with Gasteiger partial charge >= 0.3 is 0 Å². The maximum absolute atomic E-state index is 6.21. The standard InChI is InChI=1S/C16H13BrClN3/c1-10-15(13-8-7-11(18)9-14(13)17)20-21(16(10)19)12-5-3-2-4-6-12/h2-9H,19H2,1H3. The number of nitrogens with two attached hydrogens (primary N) is 1. The van der Waals surface area contributed by atoms with Crippen molar-refractivity contribution in [2.24, 2.45) is 0 Å². The van der Waals surface area contributed by atoms with E-state index < -0.39 is 0 Å². The number of nitrogens with zero attached hydrogens (tertiary/aromatic N) is 2. The topological polar surface area (TPSA) is 43.8 Å². The van der Waals surface area contributed by atoms with E-state index in [4.69, 9.17) is 17.3 Å². The molecule has 0 amide bonds. The zero-order valence-electron chi connectivity index (χ0n) is 11.3. The number of hydrogen-bond acceptors (Lipinski definition) is 2. The number of anilines is 1. The Morgan fingerprint density at radius 3 is 2.52 bits per heavy atom. The predicted octanol–water partition coefficient (Wildman–Crippen LogP) is 4.85. The second-order valence-electron chi connectivity index (χ2n) is 4.73. The monoisotopic (exact) mass is 361 g/mol. The van der Waals surface area contributed by atoms with Gasteiger partial charge in [-0.25, -0.2) is 4.68 Å². The zero-order valence-corrected chi connectivity index (χ0v) is 13.7. The van der Waals surface area contributed by atoms with Crippen LogP contribution in [-0.2, 0) is 0 Å². The smallest absolute Gasteiger partial charge is 0.130 e. The van der Waals surface area contributed by atoms with Gasteiger partial charge < -0.3 is 5.73 Å². The van der Waals surface area contributed by atoms with Crippen molar-refractivity contribution in [2.75, 3.05) is 5.73 Å². The minimum absolute atomic E-state index is 0.637. The van der Waals surface area contributed by atoms with Gasteiger partial charge in [-0.15, -0.1) is 0 Å². The van der Waals surface area contributed by atoms with Gasteiger partial charge in [0.25, 0.3) is 0 Å². The SMILES string of the molecule is Cc1c(-c2ccc(Cl)cc2Br)nn(-c2ccccc2)c1N. The molecule has 3 nitrogen and oxygen atoms in total. The fourth-order valence-corrected chi connectivity index (χ4v) is 3.08. The number of nitrogen functional groups attached to an aromatic ring is 1. The minimum atomic E-state index is 0.637. The summed E-state index contributed by atoms with van der Waals surface area (Å²) in [6.45, 7) is 1.97. The average Bonchev–Trinajstić information content (AvgIpc) is 2.77. The lowest BCUT2D eigenvalue weighted by Crippen LogP contribution is -2.01. The van der Waals surface area contributed by atoms with Gasteiger partial charge in [0.1, 0.15) is 5.82 Å². The fourth-order valence-electron chi connectivity index (χ4n) is 2.21. The highest BCUT2D eigenvalue weighted by Gasteiger charge is 2.16. The number of para-hydroxylation sites is 1. The molecule has 3 rings (SSSR count). The van der Waals surface area contributed by atoms with Crippen molar-refractivity contribution in [3.8, 4) is 16.9 Å². The normalized spacial score (nSPS) is 10.8. The summed E-state index contributed by atoms with van der Waals surface area (Å²) in [5.41, 5.74) is 9.92. The van der Waals surface area contributed by atoms with Crippen molar-refractivity contribution < 1.29 is 0 Å². The van der Waals surface area contributed by atoms with E-state index in [1.165, 1.54) is 0 Å². The van der Waals surface area contributed by atoms with Gasteiger partial charge in [-0.2, -0.15) is 5.10 Å². The molecule has 3 aromatic rings. The summed E-state index contributed by atoms with van der Waals surface area (Å²) in [5, 5.41) is 5.34. The van der Waals surface area contributed by atoms with E-state index in [2.05, 4.69) is 21.0 Å². The number of aromatic nitrogens is 2. The van der Waals surface area contributed by atoms with Crippen molar-refractivity contribution in [2.45, 2.75) is 6.92 Å². The van der Waals surface area contributed by atoms with Gasteiger partial charge in [-0.05, 0) is 31.2 Å². The maximum Gasteiger partial charge on any atom is 0.130 e. The molecule has 0 aliphatic carbocycles. The first-order valence-electron chi connectivity index (χ1n) is 6.44. The Hall–Kier alpha value is -1.78. The summed E-state index contributed by atoms with van der Waals surface area (Å²) < 4.78 is 2.65. The molecule has 21 heavy (non-hydrogen) atoms. The van der Waals surface area contributed by atoms with Gasteiger partial charge in [0, 0.05) is 20.6 Å². The molecule has 0 aliphatic rings. The van der Waals surface area contributed by atoms with Crippen molar-refractivity contribution in [1.82, 2.24) is 9.78 Å². The molecule has 106 valence electrons. The highest BCUT2D eigenvalue weighted by molar-refractivity contribution is 9.10. The molecule has 0 radical (unpaired) electrons. The van der Waals surface area contributed by atoms with Crippen LogP contribution in [0.2, 0.25) is 5.02 Å². The van der Waals surface area contributed by atoms with Crippen LogP contribution in [0, 0.1) is 6.92 Å². The van der Waals surface area contributed by atoms with Crippen molar-refractivity contribution in [3.63, 3.8) is 0 Å². The molecule has 0 spiro atoms. The lowest BCUT2D eigenvalue weighted by Gasteiger charge is -2.03. The lowest BCUT2D eigenvalue weighted by molar-refractivity contribution is 0.895. The Morgan fingerprint density at radius 2 is 1.86 bits per heavy atom. The number of halogens is 2. The molecule has 0 saturated heterocycles. The predicted molar refractivity (Wildman–Crippen MR) is 90.9 cm³/mol. The lowest BCUT2D eigenvalue weighted by atomic mass is 10.1. The summed E-state index contributed by atoms with van der Waals surface area (Å²) >= 11 is 9.53. The molecule has 0 aliphatic heterocycles. The average molecular weight is 363 g/mol. The Labute approximate surface area is 136 Å². The van der Waals surface area contributed by atoms with Gasteiger partial charge in [0.2, 0.25) is 0 Å². The van der Waals surface area contributed by atoms with E-state index in [0.717, 1.165) is 27.0 Å². The van der Waals surface area contributed by atoms with E-state index in [0.29, 0.717) is 10.8 Å². The molecule has 2 N–H and O–H groups in total. The first-order valence-corrected chi connectivity index (χ1v) is 7.61. The fraction of sp³-hybridized carbons (Fsp3) is 0.0625. The third-order valence-corrected chi connectivity index (χ3v) is 4.25. The summed E-state index contributed by atoms with van der Waals surface area (Å²) in [6.07, 6.45) is 0. The van der Waals surface area contributed by atoms with Crippen LogP contribution in [0.4, 0.5) is 5.82 Å². The molecular formula is C16H13BrClN3. The third-order valence-electron chi connectivity index (χ3n) is 3.35. The molecule has 0 bridgehead atoms. The van der Waals surface area contributed by atoms with Crippen LogP contribution in [0.1, 0.15) is 5.56 Å². The Morgan fingerprint density at radius 1 is 1.14 bits per heavy atom. The summed E-state index contributed by atoms with van der Waals surface area (Å²) in [6, 6.07) is 15.5. The molecule has 0 saturated carbocycles. The van der Waals surface area contributed by atoms with E-state index >= 15 is 0 Å². The highest BCUT2D eigenvalue weighted by Crippen LogP contribution is 2.34. The Balaban J connectivity index is 2.17. The molecule has 1 aromatic heterocycles. The zero-order chi connectivity index (χ0) is 15.0. The van der Waals surface area contributed by atoms with Gasteiger partial charge in [-0.3, -0.25) is 0 Å². The molecule has 5 heteroatoms. The van der Waals surface area contributed by atoms with E-state index in [9.17, 15) is 0 Å². The third kappa shape index (κ3) is 2.57. The summed E-state index contributed by atoms with van der Waals surface area (Å²) in [4.78, 5) is 0. The first-order chi connectivity index (χ1) is 10.1. The number of hydrogen-bond donors (Lipinski definition) is 1. The van der Waals surface area contributed by atoms with Gasteiger partial charge in [0.05, 0.1) is 11.4 Å². The Bertz CT molecular complexity index is 797. The van der Waals surface area contributed by atoms with Crippen LogP contribution >= 0.6 is 27.5 Å². The van der Waals surface area contributed by atoms with E-state index in [1.807, 2.05) is 55.5 Å². The molecular weight excluding hydrogens is 350 g/mol. The van der Waals surface area contributed by atoms with Crippen LogP contribution in [-0.4, -0.2) is 9.78 Å². The van der Waals surface area contributed by atoms with E-state index in [-0.39, 0.29) is 0 Å². The summed E-state index contributed by atoms with van der Waals surface area (Å²) in [5.74, 6) is 0.637. The highest BCUT2D eigenvalue weighted by atomic mass is 79.9. The van der Waals surface area contributed by atoms with Gasteiger partial charge in [0.15, 0.2) is 0 Å². The number of rotatable bonds is 2. The van der Waals surface area contributed by atoms with Crippen LogP contribution in [0.5, 0.6) is 0 Å². The van der Waals surface area contributed by atoms with E-state index in [1.54, 1.807) is 4.68 Å². The summed E-state index contributed by atoms with van der Waals surface area (Å²) in [7, 11) is 0. The second kappa shape index (κ2) is 5.54. The second-order valence-corrected chi connectivity index (χ2v) is 6.02. The molecule has 1 heterocycles. The Kier molecular flexibility index (Phi) is 3.74. The van der Waals surface area contributed by atoms with Crippen LogP contribution in [0.15, 0.2) is 53.0 Å². The number of benzene rings is 2. The van der Waals surface area contributed by atoms with Crippen LogP contribution < -0.4 is 5.73 Å². The molecule has 0 unspecified atom stereocenters. The maximum atomic E-state index is 6.21. The van der Waals surface area contributed by atoms with Crippen molar-refractivity contribution >= 4 is 33.3 Å². The molecule has 0 fully saturated rings. The van der Waals surface area contributed by atoms with Crippen LogP contribution in [0.3, 0.4) is 0 Å². The molecule has 0 atom stereocenters. The molecule has 2 aromatic carbocycles. The minimum Gasteiger partial charge on any atom is -0.383 e. The quantitative estimate of drug-likeness (QED) is 0.708. The van der Waals surface area contributed by atoms with Crippen LogP contribution in [0.25, 0.3) is 16.9 Å². The largest absolute Gasteiger partial charge is 0.383 e. The van der Waals surface area contributed by atoms with Gasteiger partial charge in [-0.1, -0.05) is 51.8 Å². The van der Waals surface area contributed by atoms with Crippen molar-refractivity contribution in [1.29, 1.82) is 0 Å². The van der Waals surface area contributed by atoms with Crippen molar-refractivity contribution in [3.05, 3.63) is 63.6 Å².